The Kier molecular flexibility index (Phi) is 32.1. The maximum Gasteiger partial charge on any atom is 0.114 e. The molecule has 0 bridgehead atoms. The molecule has 6 aromatic heterocycles. The smallest absolute Gasteiger partial charge is 0.114 e. The molecule has 0 N–H and O–H groups in total. The number of aromatic nitrogens is 6. The van der Waals surface area contributed by atoms with Gasteiger partial charge in [-0.05, 0) is 230 Å². The third-order valence-electron chi connectivity index (χ3n) is 26.2. The minimum Gasteiger partial charge on any atom is -0.305 e. The maximum absolute atomic E-state index is 4.50. The predicted octanol–water partition coefficient (Wildman–Crippen LogP) is 28.6. The molecule has 0 saturated heterocycles. The minimum atomic E-state index is -1.77. The van der Waals surface area contributed by atoms with E-state index in [4.69, 9.17) is 0 Å². The van der Waals surface area contributed by atoms with Gasteiger partial charge in [-0.3, -0.25) is 0 Å². The molecule has 141 heavy (non-hydrogen) atoms. The summed E-state index contributed by atoms with van der Waals surface area (Å²) in [6, 6.07) is 172. The first-order valence-corrected chi connectivity index (χ1v) is 56.0. The molecule has 693 valence electrons. The molecule has 0 atom stereocenters. The van der Waals surface area contributed by atoms with Crippen molar-refractivity contribution in [3.05, 3.63) is 509 Å². The standard InChI is InChI=1S/3C31H24NSi.3C12H10N.3Ir/c1-33(2)30-18-4-3-14-27(30)28-16-9-15-26(31(28)33)24-12-7-10-22(20-24)23-11-8-13-25(21-23)29-17-5-6-19-32-29;1-33(2)30-15-4-3-13-27(30)28-21-25(16-17-31(28)33)23-10-7-9-22(19-23)24-11-8-12-26(20-24)29-14-5-6-18-32-29;1-33(2)30-15-4-3-13-27(30)28-17-16-25(21-31(28)33)23-10-7-9-22(19-23)24-11-8-12-26(20-24)29-14-5-6-18-32-29;3*1-10-6-5-9-12(13-10)11-7-3-2-4-8-11;;;/h3-12,14-21H,1-2H3;2*3-11,13-21H,1-2H3;3*2-7,9H,1H3;;;/q6*-1;;;. The van der Waals surface area contributed by atoms with Crippen molar-refractivity contribution < 1.29 is 60.3 Å². The van der Waals surface area contributed by atoms with E-state index in [1.165, 1.54) is 100 Å². The normalized spacial score (nSPS) is 12.1. The van der Waals surface area contributed by atoms with Crippen LogP contribution in [-0.2, 0) is 60.3 Å². The fraction of sp³-hybridized carbons (Fsp3) is 0.0698. The van der Waals surface area contributed by atoms with Gasteiger partial charge in [-0.1, -0.05) is 288 Å². The number of fused-ring (bicyclic) bond motifs is 9. The van der Waals surface area contributed by atoms with E-state index in [-0.39, 0.29) is 60.3 Å². The van der Waals surface area contributed by atoms with Crippen LogP contribution in [0.2, 0.25) is 39.3 Å². The van der Waals surface area contributed by atoms with E-state index in [0.717, 1.165) is 84.6 Å². The van der Waals surface area contributed by atoms with Crippen molar-refractivity contribution in [2.75, 3.05) is 0 Å². The molecule has 3 aliphatic heterocycles. The Morgan fingerprint density at radius 1 is 0.177 bits per heavy atom. The summed E-state index contributed by atoms with van der Waals surface area (Å²) in [6.07, 6.45) is 5.48. The van der Waals surface area contributed by atoms with Crippen LogP contribution in [0.5, 0.6) is 0 Å². The second-order valence-corrected chi connectivity index (χ2v) is 49.4. The van der Waals surface area contributed by atoms with E-state index >= 15 is 0 Å². The molecular weight excluding hydrogens is 2290 g/mol. The molecule has 0 amide bonds. The zero-order chi connectivity index (χ0) is 94.5. The van der Waals surface area contributed by atoms with Gasteiger partial charge < -0.3 is 29.9 Å². The van der Waals surface area contributed by atoms with Crippen LogP contribution in [0.4, 0.5) is 0 Å². The van der Waals surface area contributed by atoms with E-state index < -0.39 is 24.2 Å². The molecule has 3 radical (unpaired) electrons. The summed E-state index contributed by atoms with van der Waals surface area (Å²) in [5.74, 6) is 0. The molecule has 0 unspecified atom stereocenters. The second-order valence-electron chi connectivity index (χ2n) is 36.4. The van der Waals surface area contributed by atoms with Gasteiger partial charge in [-0.25, -0.2) is 0 Å². The topological polar surface area (TPSA) is 77.3 Å². The van der Waals surface area contributed by atoms with Crippen molar-refractivity contribution >= 4 is 55.3 Å². The van der Waals surface area contributed by atoms with Crippen molar-refractivity contribution in [2.24, 2.45) is 0 Å². The fourth-order valence-electron chi connectivity index (χ4n) is 19.2. The van der Waals surface area contributed by atoms with Gasteiger partial charge in [0, 0.05) is 96.0 Å². The van der Waals surface area contributed by atoms with E-state index in [1.807, 2.05) is 240 Å². The van der Waals surface area contributed by atoms with Gasteiger partial charge in [0.05, 0.1) is 0 Å². The molecule has 0 fully saturated rings. The van der Waals surface area contributed by atoms with Crippen molar-refractivity contribution in [3.63, 3.8) is 0 Å². The molecule has 0 aliphatic carbocycles. The second kappa shape index (κ2) is 45.4. The van der Waals surface area contributed by atoms with E-state index in [2.05, 4.69) is 342 Å². The molecule has 0 spiro atoms. The molecular formula is C129H102Ir3N6Si3-6. The number of rotatable bonds is 12. The van der Waals surface area contributed by atoms with Crippen LogP contribution < -0.4 is 31.1 Å². The van der Waals surface area contributed by atoms with Crippen LogP contribution >= 0.6 is 0 Å². The Labute approximate surface area is 874 Å². The van der Waals surface area contributed by atoms with Crippen LogP contribution in [0.25, 0.3) is 168 Å². The molecule has 9 heterocycles. The monoisotopic (exact) mass is 2400 g/mol. The van der Waals surface area contributed by atoms with Crippen molar-refractivity contribution in [2.45, 2.75) is 60.1 Å². The zero-order valence-electron chi connectivity index (χ0n) is 80.0. The van der Waals surface area contributed by atoms with Crippen LogP contribution in [-0.4, -0.2) is 54.1 Å². The third kappa shape index (κ3) is 22.5. The van der Waals surface area contributed by atoms with Crippen LogP contribution in [0.3, 0.4) is 0 Å². The quantitative estimate of drug-likeness (QED) is 0.0896. The van der Waals surface area contributed by atoms with Gasteiger partial charge in [0.2, 0.25) is 0 Å². The van der Waals surface area contributed by atoms with Crippen molar-refractivity contribution in [1.82, 2.24) is 29.9 Å². The Bertz CT molecular complexity index is 7700. The molecule has 21 aromatic rings. The summed E-state index contributed by atoms with van der Waals surface area (Å²) in [6.45, 7) is 20.8. The molecule has 6 nitrogen and oxygen atoms in total. The summed E-state index contributed by atoms with van der Waals surface area (Å²) >= 11 is 0. The summed E-state index contributed by atoms with van der Waals surface area (Å²) in [5.41, 5.74) is 38.5. The van der Waals surface area contributed by atoms with Crippen LogP contribution in [0.1, 0.15) is 17.1 Å². The largest absolute Gasteiger partial charge is 0.305 e. The molecule has 24 rings (SSSR count). The number of nitrogens with zero attached hydrogens (tertiary/aromatic N) is 6. The van der Waals surface area contributed by atoms with Gasteiger partial charge in [-0.2, -0.15) is 0 Å². The van der Waals surface area contributed by atoms with E-state index in [9.17, 15) is 0 Å². The summed E-state index contributed by atoms with van der Waals surface area (Å²) in [5, 5.41) is 9.28. The zero-order valence-corrected chi connectivity index (χ0v) is 90.2. The average molecular weight is 2400 g/mol. The Morgan fingerprint density at radius 2 is 0.461 bits per heavy atom. The van der Waals surface area contributed by atoms with E-state index in [1.54, 1.807) is 31.1 Å². The SMILES string of the molecule is C[Si]1(C)c2ccccc2-c2cc(-c3cccc(-c4cc[c-]c(-c5ccccn5)c4)c3)ccc21.C[Si]1(C)c2ccccc2-c2ccc(-c3cccc(-c4cc[c-]c(-c5ccccn5)c4)c3)cc21.C[Si]1(C)c2ccccc2-c2cccc(-c3cccc(-c4cc[c-]c(-c5ccccn5)c4)c3)c21.Cc1cccc(-c2[c-]cccc2)n1.Cc1cccc(-c2[c-]cccc2)n1.Cc1cccc(-c2[c-]cccc2)n1.[Ir].[Ir].[Ir]. The Morgan fingerprint density at radius 3 is 0.858 bits per heavy atom. The number of aryl methyl sites for hydroxylation is 3. The van der Waals surface area contributed by atoms with Crippen LogP contribution in [0, 0.1) is 57.2 Å². The average Bonchev–Trinajstić information content (AvgIpc) is 1.55. The maximum atomic E-state index is 4.50. The van der Waals surface area contributed by atoms with Gasteiger partial charge >= 0.3 is 0 Å². The van der Waals surface area contributed by atoms with Crippen molar-refractivity contribution in [3.8, 4) is 168 Å². The Balaban J connectivity index is 0.000000127. The van der Waals surface area contributed by atoms with Gasteiger partial charge in [-0.15, -0.1) is 214 Å². The van der Waals surface area contributed by atoms with Gasteiger partial charge in [0.15, 0.2) is 0 Å². The summed E-state index contributed by atoms with van der Waals surface area (Å²) < 4.78 is 0. The summed E-state index contributed by atoms with van der Waals surface area (Å²) in [4.78, 5) is 26.7. The number of hydrogen-bond donors (Lipinski definition) is 0. The van der Waals surface area contributed by atoms with Gasteiger partial charge in [0.25, 0.3) is 0 Å². The minimum absolute atomic E-state index is 0. The first-order chi connectivity index (χ1) is 67.4. The molecule has 12 heteroatoms. The molecule has 15 aromatic carbocycles. The summed E-state index contributed by atoms with van der Waals surface area (Å²) in [7, 11) is -5.07. The molecule has 0 saturated carbocycles. The van der Waals surface area contributed by atoms with Gasteiger partial charge in [0.1, 0.15) is 24.2 Å². The van der Waals surface area contributed by atoms with Crippen LogP contribution in [0.15, 0.2) is 455 Å². The van der Waals surface area contributed by atoms with Crippen molar-refractivity contribution in [1.29, 1.82) is 0 Å². The predicted molar refractivity (Wildman–Crippen MR) is 584 cm³/mol. The first-order valence-electron chi connectivity index (χ1n) is 47.0. The number of benzene rings is 15. The van der Waals surface area contributed by atoms with E-state index in [0.29, 0.717) is 0 Å². The fourth-order valence-corrected chi connectivity index (χ4v) is 28.8. The first kappa shape index (κ1) is 99.8. The Hall–Kier alpha value is -14.2. The third-order valence-corrected chi connectivity index (χ3v) is 36.8. The number of pyridine rings is 6. The molecule has 3 aliphatic rings. The number of hydrogen-bond acceptors (Lipinski definition) is 6.